The van der Waals surface area contributed by atoms with Gasteiger partial charge < -0.3 is 9.59 Å². The van der Waals surface area contributed by atoms with Gasteiger partial charge in [-0.1, -0.05) is 29.3 Å². The molecule has 0 saturated carbocycles. The third kappa shape index (κ3) is 2.29. The Morgan fingerprint density at radius 1 is 1.08 bits per heavy atom. The minimum absolute atomic E-state index is 0.341. The first-order valence-corrected chi connectivity index (χ1v) is 4.30. The lowest BCUT2D eigenvalue weighted by atomic mass is 10.0. The normalized spacial score (nSPS) is 10.1. The highest BCUT2D eigenvalue weighted by Gasteiger charge is 2.09. The van der Waals surface area contributed by atoms with E-state index in [0.29, 0.717) is 28.2 Å². The number of benzene rings is 1. The van der Waals surface area contributed by atoms with Gasteiger partial charge in [-0.3, -0.25) is 0 Å². The highest BCUT2D eigenvalue weighted by molar-refractivity contribution is 6.42. The van der Waals surface area contributed by atoms with E-state index in [1.165, 1.54) is 6.07 Å². The molecule has 0 N–H and O–H groups in total. The zero-order valence-corrected chi connectivity index (χ0v) is 8.05. The number of carbonyl (C=O) groups is 2. The molecular formula is C9H6Cl2O2. The molecule has 0 aliphatic rings. The molecule has 0 spiro atoms. The van der Waals surface area contributed by atoms with Crippen molar-refractivity contribution >= 4 is 35.8 Å². The molecule has 0 fully saturated rings. The predicted octanol–water partition coefficient (Wildman–Crippen LogP) is 2.47. The summed E-state index contributed by atoms with van der Waals surface area (Å²) in [6.07, 6.45) is 1.12. The van der Waals surface area contributed by atoms with Crippen LogP contribution in [-0.2, 0) is 9.59 Å². The van der Waals surface area contributed by atoms with Crippen molar-refractivity contribution in [2.24, 2.45) is 0 Å². The second-order valence-electron chi connectivity index (χ2n) is 2.47. The number of aldehydes is 2. The predicted molar refractivity (Wildman–Crippen MR) is 51.3 cm³/mol. The summed E-state index contributed by atoms with van der Waals surface area (Å²) in [5.74, 6) is -0.755. The van der Waals surface area contributed by atoms with Gasteiger partial charge in [-0.2, -0.15) is 0 Å². The molecule has 0 radical (unpaired) electrons. The van der Waals surface area contributed by atoms with Crippen LogP contribution < -0.4 is 0 Å². The summed E-state index contributed by atoms with van der Waals surface area (Å²) >= 11 is 11.4. The molecule has 68 valence electrons. The number of halogens is 2. The van der Waals surface area contributed by atoms with Gasteiger partial charge in [0, 0.05) is 0 Å². The van der Waals surface area contributed by atoms with Crippen molar-refractivity contribution < 1.29 is 9.59 Å². The fraction of sp³-hybridized carbons (Fsp3) is 0.111. The minimum atomic E-state index is -0.755. The average molecular weight is 217 g/mol. The molecule has 0 unspecified atom stereocenters. The lowest BCUT2D eigenvalue weighted by Gasteiger charge is -2.03. The molecule has 13 heavy (non-hydrogen) atoms. The fourth-order valence-electron chi connectivity index (χ4n) is 0.909. The van der Waals surface area contributed by atoms with E-state index in [4.69, 9.17) is 23.2 Å². The Morgan fingerprint density at radius 2 is 1.69 bits per heavy atom. The molecule has 2 nitrogen and oxygen atoms in total. The Morgan fingerprint density at radius 3 is 2.15 bits per heavy atom. The molecule has 0 saturated heterocycles. The molecule has 0 heterocycles. The van der Waals surface area contributed by atoms with Crippen molar-refractivity contribution in [3.8, 4) is 0 Å². The fourth-order valence-corrected chi connectivity index (χ4v) is 1.22. The van der Waals surface area contributed by atoms with Crippen molar-refractivity contribution in [2.45, 2.75) is 5.92 Å². The molecule has 0 bridgehead atoms. The van der Waals surface area contributed by atoms with Crippen molar-refractivity contribution in [1.82, 2.24) is 0 Å². The van der Waals surface area contributed by atoms with Gasteiger partial charge in [0.05, 0.1) is 16.0 Å². The standard InChI is InChI=1S/C9H6Cl2O2/c10-8-2-1-6(3-9(8)11)7(4-12)5-13/h1-5,7H. The molecule has 1 aromatic carbocycles. The summed E-state index contributed by atoms with van der Waals surface area (Å²) in [5.41, 5.74) is 0.555. The van der Waals surface area contributed by atoms with Crippen molar-refractivity contribution in [3.05, 3.63) is 33.8 Å². The lowest BCUT2D eigenvalue weighted by molar-refractivity contribution is -0.116. The van der Waals surface area contributed by atoms with E-state index >= 15 is 0 Å². The smallest absolute Gasteiger partial charge is 0.134 e. The largest absolute Gasteiger partial charge is 0.302 e. The van der Waals surface area contributed by atoms with Crippen LogP contribution in [0.3, 0.4) is 0 Å². The van der Waals surface area contributed by atoms with Crippen molar-refractivity contribution in [2.75, 3.05) is 0 Å². The topological polar surface area (TPSA) is 34.1 Å². The first kappa shape index (κ1) is 10.2. The number of hydrogen-bond donors (Lipinski definition) is 0. The summed E-state index contributed by atoms with van der Waals surface area (Å²) in [6, 6.07) is 4.66. The zero-order valence-electron chi connectivity index (χ0n) is 6.54. The monoisotopic (exact) mass is 216 g/mol. The molecule has 0 amide bonds. The van der Waals surface area contributed by atoms with E-state index < -0.39 is 5.92 Å². The molecule has 0 aliphatic carbocycles. The molecular weight excluding hydrogens is 211 g/mol. The van der Waals surface area contributed by atoms with Crippen LogP contribution in [0.4, 0.5) is 0 Å². The van der Waals surface area contributed by atoms with Gasteiger partial charge in [0.15, 0.2) is 0 Å². The van der Waals surface area contributed by atoms with Crippen LogP contribution >= 0.6 is 23.2 Å². The third-order valence-corrected chi connectivity index (χ3v) is 2.36. The maximum Gasteiger partial charge on any atom is 0.134 e. The zero-order chi connectivity index (χ0) is 9.84. The molecule has 1 aromatic rings. The summed E-state index contributed by atoms with van der Waals surface area (Å²) in [5, 5.41) is 0.744. The highest BCUT2D eigenvalue weighted by Crippen LogP contribution is 2.25. The SMILES string of the molecule is O=CC(C=O)c1ccc(Cl)c(Cl)c1. The first-order valence-electron chi connectivity index (χ1n) is 3.54. The quantitative estimate of drug-likeness (QED) is 0.575. The molecule has 1 rings (SSSR count). The van der Waals surface area contributed by atoms with Crippen LogP contribution in [-0.4, -0.2) is 12.6 Å². The second-order valence-corrected chi connectivity index (χ2v) is 3.29. The van der Waals surface area contributed by atoms with E-state index in [9.17, 15) is 9.59 Å². The number of rotatable bonds is 3. The summed E-state index contributed by atoms with van der Waals surface area (Å²) in [4.78, 5) is 20.9. The van der Waals surface area contributed by atoms with Crippen molar-refractivity contribution in [3.63, 3.8) is 0 Å². The number of hydrogen-bond acceptors (Lipinski definition) is 2. The lowest BCUT2D eigenvalue weighted by Crippen LogP contribution is -2.00. The van der Waals surface area contributed by atoms with Crippen LogP contribution in [0, 0.1) is 0 Å². The summed E-state index contributed by atoms with van der Waals surface area (Å²) < 4.78 is 0. The summed E-state index contributed by atoms with van der Waals surface area (Å²) in [6.45, 7) is 0. The number of carbonyl (C=O) groups excluding carboxylic acids is 2. The highest BCUT2D eigenvalue weighted by atomic mass is 35.5. The van der Waals surface area contributed by atoms with E-state index in [-0.39, 0.29) is 0 Å². The van der Waals surface area contributed by atoms with Gasteiger partial charge in [0.1, 0.15) is 12.6 Å². The molecule has 0 aromatic heterocycles. The van der Waals surface area contributed by atoms with Crippen LogP contribution in [0.2, 0.25) is 10.0 Å². The van der Waals surface area contributed by atoms with E-state index in [1.807, 2.05) is 0 Å². The first-order chi connectivity index (χ1) is 6.19. The maximum absolute atomic E-state index is 10.4. The molecule has 4 heteroatoms. The Balaban J connectivity index is 3.08. The molecule has 0 aliphatic heterocycles. The van der Waals surface area contributed by atoms with E-state index in [0.717, 1.165) is 0 Å². The average Bonchev–Trinajstić information content (AvgIpc) is 2.13. The van der Waals surface area contributed by atoms with Crippen molar-refractivity contribution in [1.29, 1.82) is 0 Å². The van der Waals surface area contributed by atoms with Gasteiger partial charge in [0.2, 0.25) is 0 Å². The van der Waals surface area contributed by atoms with Gasteiger partial charge >= 0.3 is 0 Å². The van der Waals surface area contributed by atoms with E-state index in [1.54, 1.807) is 12.1 Å². The van der Waals surface area contributed by atoms with Gasteiger partial charge in [0.25, 0.3) is 0 Å². The van der Waals surface area contributed by atoms with Crippen LogP contribution in [0.1, 0.15) is 11.5 Å². The second kappa shape index (κ2) is 4.40. The van der Waals surface area contributed by atoms with E-state index in [2.05, 4.69) is 0 Å². The minimum Gasteiger partial charge on any atom is -0.302 e. The Kier molecular flexibility index (Phi) is 3.46. The maximum atomic E-state index is 10.4. The van der Waals surface area contributed by atoms with Gasteiger partial charge in [-0.25, -0.2) is 0 Å². The molecule has 0 atom stereocenters. The Hall–Kier alpha value is -0.860. The van der Waals surface area contributed by atoms with Crippen LogP contribution in [0.5, 0.6) is 0 Å². The third-order valence-electron chi connectivity index (χ3n) is 1.62. The summed E-state index contributed by atoms with van der Waals surface area (Å²) in [7, 11) is 0. The van der Waals surface area contributed by atoms with Crippen LogP contribution in [0.25, 0.3) is 0 Å². The van der Waals surface area contributed by atoms with Crippen LogP contribution in [0.15, 0.2) is 18.2 Å². The Bertz CT molecular complexity index is 328. The van der Waals surface area contributed by atoms with Gasteiger partial charge in [-0.15, -0.1) is 0 Å². The Labute approximate surface area is 85.5 Å². The van der Waals surface area contributed by atoms with Gasteiger partial charge in [-0.05, 0) is 17.7 Å².